The number of fused-ring (bicyclic) bond motifs is 1. The van der Waals surface area contributed by atoms with Gasteiger partial charge in [-0.05, 0) is 48.0 Å². The van der Waals surface area contributed by atoms with E-state index in [0.29, 0.717) is 46.9 Å². The van der Waals surface area contributed by atoms with Gasteiger partial charge in [-0.25, -0.2) is 23.5 Å². The normalized spacial score (nSPS) is 10.9. The highest BCUT2D eigenvalue weighted by Crippen LogP contribution is 2.25. The van der Waals surface area contributed by atoms with Crippen molar-refractivity contribution in [2.24, 2.45) is 0 Å². The van der Waals surface area contributed by atoms with E-state index in [4.69, 9.17) is 24.5 Å². The number of methoxy groups -OCH3 is 2. The molecule has 0 unspecified atom stereocenters. The summed E-state index contributed by atoms with van der Waals surface area (Å²) in [5.74, 6) is -0.862. The average Bonchev–Trinajstić information content (AvgIpc) is 3.35. The second-order valence-electron chi connectivity index (χ2n) is 9.28. The third kappa shape index (κ3) is 6.09. The van der Waals surface area contributed by atoms with Crippen molar-refractivity contribution in [3.63, 3.8) is 0 Å². The van der Waals surface area contributed by atoms with Crippen LogP contribution in [0.25, 0.3) is 22.3 Å². The van der Waals surface area contributed by atoms with Crippen LogP contribution >= 0.6 is 0 Å². The van der Waals surface area contributed by atoms with Crippen molar-refractivity contribution in [3.8, 4) is 23.3 Å². The molecule has 0 saturated heterocycles. The number of rotatable bonds is 10. The van der Waals surface area contributed by atoms with Crippen molar-refractivity contribution in [1.82, 2.24) is 19.5 Å². The number of benzene rings is 3. The summed E-state index contributed by atoms with van der Waals surface area (Å²) in [4.78, 5) is 25.2. The zero-order valence-electron chi connectivity index (χ0n) is 22.8. The third-order valence-corrected chi connectivity index (χ3v) is 6.64. The number of aromatic nitrogens is 4. The molecule has 5 aromatic rings. The topological polar surface area (TPSA) is 112 Å². The summed E-state index contributed by atoms with van der Waals surface area (Å²) in [7, 11) is 2.91. The summed E-state index contributed by atoms with van der Waals surface area (Å²) in [6.07, 6.45) is 1.67. The van der Waals surface area contributed by atoms with E-state index in [9.17, 15) is 9.18 Å². The first-order chi connectivity index (χ1) is 20.4. The number of carbonyl (C=O) groups is 1. The SMILES string of the molecule is COCCn1c(Cc2ccc(-c3ccnc(OCc4ccc(C#N)cc4F)n3)cc2F)nc2ccc(C(=O)OC)cc21. The molecule has 212 valence electrons. The number of esters is 1. The van der Waals surface area contributed by atoms with Gasteiger partial charge in [-0.1, -0.05) is 18.2 Å². The molecule has 0 aliphatic heterocycles. The Morgan fingerprint density at radius 1 is 0.976 bits per heavy atom. The van der Waals surface area contributed by atoms with Crippen LogP contribution in [0.15, 0.2) is 66.9 Å². The minimum Gasteiger partial charge on any atom is -0.465 e. The van der Waals surface area contributed by atoms with Crippen molar-refractivity contribution in [2.75, 3.05) is 20.8 Å². The quantitative estimate of drug-likeness (QED) is 0.210. The smallest absolute Gasteiger partial charge is 0.337 e. The number of hydrogen-bond donors (Lipinski definition) is 0. The number of halogens is 2. The van der Waals surface area contributed by atoms with E-state index in [0.717, 1.165) is 11.6 Å². The second-order valence-corrected chi connectivity index (χ2v) is 9.28. The molecule has 0 spiro atoms. The van der Waals surface area contributed by atoms with Crippen LogP contribution < -0.4 is 4.74 Å². The molecular formula is C31H25F2N5O4. The van der Waals surface area contributed by atoms with Crippen LogP contribution in [-0.2, 0) is 29.0 Å². The number of ether oxygens (including phenoxy) is 3. The predicted molar refractivity (Wildman–Crippen MR) is 149 cm³/mol. The summed E-state index contributed by atoms with van der Waals surface area (Å²) >= 11 is 0. The molecule has 0 bridgehead atoms. The number of imidazole rings is 1. The van der Waals surface area contributed by atoms with Crippen LogP contribution in [0.3, 0.4) is 0 Å². The molecule has 0 atom stereocenters. The highest BCUT2D eigenvalue weighted by Gasteiger charge is 2.17. The van der Waals surface area contributed by atoms with E-state index < -0.39 is 17.6 Å². The van der Waals surface area contributed by atoms with Crippen molar-refractivity contribution in [2.45, 2.75) is 19.6 Å². The molecular weight excluding hydrogens is 544 g/mol. The standard InChI is InChI=1S/C31H25F2N5O4/c1-40-12-11-38-28-15-22(30(39)41-2)7-8-27(28)36-29(38)16-20-5-6-21(14-25(20)33)26-9-10-35-31(37-26)42-18-23-4-3-19(17-34)13-24(23)32/h3-10,13-15H,11-12,16,18H2,1-2H3. The van der Waals surface area contributed by atoms with E-state index in [1.165, 1.54) is 31.5 Å². The zero-order valence-corrected chi connectivity index (χ0v) is 22.8. The van der Waals surface area contributed by atoms with Gasteiger partial charge in [0.05, 0.1) is 47.6 Å². The molecule has 11 heteroatoms. The number of nitrogens with zero attached hydrogens (tertiary/aromatic N) is 5. The first-order valence-electron chi connectivity index (χ1n) is 12.9. The summed E-state index contributed by atoms with van der Waals surface area (Å²) in [5.41, 5.74) is 3.58. The van der Waals surface area contributed by atoms with Crippen LogP contribution in [0.2, 0.25) is 0 Å². The van der Waals surface area contributed by atoms with E-state index >= 15 is 4.39 Å². The Kier molecular flexibility index (Phi) is 8.45. The Morgan fingerprint density at radius 2 is 1.79 bits per heavy atom. The highest BCUT2D eigenvalue weighted by molar-refractivity contribution is 5.93. The van der Waals surface area contributed by atoms with Gasteiger partial charge < -0.3 is 18.8 Å². The Hall–Kier alpha value is -5.21. The molecule has 2 aromatic heterocycles. The number of carbonyl (C=O) groups excluding carboxylic acids is 1. The van der Waals surface area contributed by atoms with Gasteiger partial charge in [0.1, 0.15) is 24.1 Å². The monoisotopic (exact) mass is 569 g/mol. The lowest BCUT2D eigenvalue weighted by molar-refractivity contribution is 0.0601. The largest absolute Gasteiger partial charge is 0.465 e. The minimum absolute atomic E-state index is 0.000992. The van der Waals surface area contributed by atoms with E-state index in [-0.39, 0.29) is 30.2 Å². The van der Waals surface area contributed by atoms with Crippen molar-refractivity contribution >= 4 is 17.0 Å². The molecule has 3 aromatic carbocycles. The molecule has 42 heavy (non-hydrogen) atoms. The molecule has 9 nitrogen and oxygen atoms in total. The molecule has 0 N–H and O–H groups in total. The van der Waals surface area contributed by atoms with E-state index in [1.807, 2.05) is 10.6 Å². The second kappa shape index (κ2) is 12.5. The first-order valence-corrected chi connectivity index (χ1v) is 12.9. The van der Waals surface area contributed by atoms with Gasteiger partial charge in [-0.3, -0.25) is 0 Å². The summed E-state index contributed by atoms with van der Waals surface area (Å²) in [6.45, 7) is 0.723. The molecule has 0 aliphatic rings. The zero-order chi connectivity index (χ0) is 29.6. The minimum atomic E-state index is -0.567. The van der Waals surface area contributed by atoms with Crippen LogP contribution in [-0.4, -0.2) is 46.3 Å². The first kappa shape index (κ1) is 28.3. The fourth-order valence-corrected chi connectivity index (χ4v) is 4.45. The molecule has 0 aliphatic carbocycles. The maximum atomic E-state index is 15.4. The number of nitriles is 1. The lowest BCUT2D eigenvalue weighted by Gasteiger charge is -2.11. The van der Waals surface area contributed by atoms with Gasteiger partial charge in [0.25, 0.3) is 0 Å². The molecule has 0 amide bonds. The van der Waals surface area contributed by atoms with Gasteiger partial charge >= 0.3 is 12.0 Å². The average molecular weight is 570 g/mol. The lowest BCUT2D eigenvalue weighted by Crippen LogP contribution is -2.10. The van der Waals surface area contributed by atoms with E-state index in [2.05, 4.69) is 9.97 Å². The predicted octanol–water partition coefficient (Wildman–Crippen LogP) is 5.25. The molecule has 0 fully saturated rings. The van der Waals surface area contributed by atoms with Gasteiger partial charge in [-0.15, -0.1) is 0 Å². The lowest BCUT2D eigenvalue weighted by atomic mass is 10.1. The molecule has 2 heterocycles. The molecule has 5 rings (SSSR count). The van der Waals surface area contributed by atoms with Gasteiger partial charge in [0.2, 0.25) is 0 Å². The maximum Gasteiger partial charge on any atom is 0.337 e. The van der Waals surface area contributed by atoms with Crippen LogP contribution in [0.4, 0.5) is 8.78 Å². The highest BCUT2D eigenvalue weighted by atomic mass is 19.1. The number of hydrogen-bond acceptors (Lipinski definition) is 8. The van der Waals surface area contributed by atoms with Gasteiger partial charge in [0.15, 0.2) is 0 Å². The van der Waals surface area contributed by atoms with Gasteiger partial charge in [-0.2, -0.15) is 10.2 Å². The Labute approximate surface area is 240 Å². The van der Waals surface area contributed by atoms with Crippen molar-refractivity contribution in [1.29, 1.82) is 5.26 Å². The Morgan fingerprint density at radius 3 is 2.52 bits per heavy atom. The summed E-state index contributed by atoms with van der Waals surface area (Å²) in [5, 5.41) is 8.90. The van der Waals surface area contributed by atoms with Crippen molar-refractivity contribution < 1.29 is 27.8 Å². The fraction of sp³-hybridized carbons (Fsp3) is 0.194. The Balaban J connectivity index is 1.37. The Bertz CT molecular complexity index is 1820. The van der Waals surface area contributed by atoms with Crippen LogP contribution in [0.1, 0.15) is 32.9 Å². The summed E-state index contributed by atoms with van der Waals surface area (Å²) in [6, 6.07) is 17.4. The maximum absolute atomic E-state index is 15.4. The van der Waals surface area contributed by atoms with Crippen LogP contribution in [0.5, 0.6) is 6.01 Å². The summed E-state index contributed by atoms with van der Waals surface area (Å²) < 4.78 is 47.1. The molecule has 0 saturated carbocycles. The van der Waals surface area contributed by atoms with Crippen LogP contribution in [0, 0.1) is 23.0 Å². The fourth-order valence-electron chi connectivity index (χ4n) is 4.45. The molecule has 0 radical (unpaired) electrons. The third-order valence-electron chi connectivity index (χ3n) is 6.64. The van der Waals surface area contributed by atoms with E-state index in [1.54, 1.807) is 43.5 Å². The van der Waals surface area contributed by atoms with Crippen molar-refractivity contribution in [3.05, 3.63) is 107 Å². The van der Waals surface area contributed by atoms with Gasteiger partial charge in [0, 0.05) is 37.4 Å².